The summed E-state index contributed by atoms with van der Waals surface area (Å²) in [7, 11) is 2.25. The number of hydrogen-bond donors (Lipinski definition) is 0. The van der Waals surface area contributed by atoms with Crippen LogP contribution in [0.4, 0.5) is 15.8 Å². The zero-order valence-corrected chi connectivity index (χ0v) is 12.8. The number of benzene rings is 1. The normalized spacial score (nSPS) is 14.4. The molecule has 0 atom stereocenters. The molecule has 0 aromatic heterocycles. The summed E-state index contributed by atoms with van der Waals surface area (Å²) in [6, 6.07) is 3.05. The van der Waals surface area contributed by atoms with Gasteiger partial charge in [0.05, 0.1) is 31.3 Å². The number of ether oxygens (including phenoxy) is 3. The van der Waals surface area contributed by atoms with Crippen molar-refractivity contribution in [2.24, 2.45) is 0 Å². The van der Waals surface area contributed by atoms with E-state index in [1.165, 1.54) is 11.0 Å². The highest BCUT2D eigenvalue weighted by Gasteiger charge is 2.33. The second-order valence-electron chi connectivity index (χ2n) is 4.61. The van der Waals surface area contributed by atoms with Crippen molar-refractivity contribution in [3.8, 4) is 0 Å². The number of rotatable bonds is 4. The number of carbonyl (C=O) groups is 2. The van der Waals surface area contributed by atoms with Gasteiger partial charge in [0.15, 0.2) is 0 Å². The van der Waals surface area contributed by atoms with Crippen molar-refractivity contribution in [3.05, 3.63) is 45.4 Å². The van der Waals surface area contributed by atoms with Gasteiger partial charge in [0, 0.05) is 17.8 Å². The van der Waals surface area contributed by atoms with Crippen LogP contribution in [0.25, 0.3) is 0 Å². The van der Waals surface area contributed by atoms with E-state index in [4.69, 9.17) is 4.74 Å². The lowest BCUT2D eigenvalue weighted by Crippen LogP contribution is -2.38. The second-order valence-corrected chi connectivity index (χ2v) is 4.61. The van der Waals surface area contributed by atoms with Crippen LogP contribution in [0.3, 0.4) is 0 Å². The predicted octanol–water partition coefficient (Wildman–Crippen LogP) is 1.13. The van der Waals surface area contributed by atoms with Crippen molar-refractivity contribution >= 4 is 23.3 Å². The molecule has 1 aromatic rings. The first-order chi connectivity index (χ1) is 11.4. The molecule has 1 heterocycles. The Morgan fingerprint density at radius 2 is 1.96 bits per heavy atom. The minimum atomic E-state index is -1.09. The Balaban J connectivity index is 2.54. The molecule has 9 nitrogen and oxygen atoms in total. The average Bonchev–Trinajstić information content (AvgIpc) is 2.59. The van der Waals surface area contributed by atoms with E-state index in [1.807, 2.05) is 0 Å². The summed E-state index contributed by atoms with van der Waals surface area (Å²) in [6.45, 7) is -0.370. The maximum atomic E-state index is 13.9. The summed E-state index contributed by atoms with van der Waals surface area (Å²) in [4.78, 5) is 34.9. The quantitative estimate of drug-likeness (QED) is 0.456. The van der Waals surface area contributed by atoms with Crippen molar-refractivity contribution in [2.75, 3.05) is 32.5 Å². The molecule has 24 heavy (non-hydrogen) atoms. The molecule has 1 aromatic carbocycles. The van der Waals surface area contributed by atoms with Crippen LogP contribution >= 0.6 is 0 Å². The van der Waals surface area contributed by atoms with Crippen molar-refractivity contribution in [1.29, 1.82) is 0 Å². The molecule has 0 amide bonds. The molecule has 0 saturated heterocycles. The van der Waals surface area contributed by atoms with Crippen LogP contribution in [0.2, 0.25) is 0 Å². The molecule has 0 saturated carbocycles. The lowest BCUT2D eigenvalue weighted by atomic mass is 10.1. The molecule has 128 valence electrons. The molecule has 0 aliphatic carbocycles. The van der Waals surface area contributed by atoms with E-state index < -0.39 is 28.4 Å². The Morgan fingerprint density at radius 1 is 1.29 bits per heavy atom. The third-order valence-electron chi connectivity index (χ3n) is 3.27. The molecule has 0 unspecified atom stereocenters. The zero-order valence-electron chi connectivity index (χ0n) is 12.8. The number of nitrogens with zero attached hydrogens (tertiary/aromatic N) is 2. The van der Waals surface area contributed by atoms with Gasteiger partial charge in [-0.3, -0.25) is 10.1 Å². The molecule has 0 radical (unpaired) electrons. The number of nitro benzene ring substituents is 1. The molecule has 2 rings (SSSR count). The van der Waals surface area contributed by atoms with Crippen molar-refractivity contribution in [1.82, 2.24) is 0 Å². The monoisotopic (exact) mass is 340 g/mol. The Kier molecular flexibility index (Phi) is 5.09. The Hall–Kier alpha value is -3.01. The largest absolute Gasteiger partial charge is 0.466 e. The zero-order chi connectivity index (χ0) is 17.9. The third kappa shape index (κ3) is 3.18. The van der Waals surface area contributed by atoms with Crippen LogP contribution in [-0.4, -0.2) is 44.4 Å². The van der Waals surface area contributed by atoms with E-state index in [0.29, 0.717) is 0 Å². The van der Waals surface area contributed by atoms with Crippen LogP contribution in [0, 0.1) is 15.9 Å². The van der Waals surface area contributed by atoms with E-state index >= 15 is 0 Å². The van der Waals surface area contributed by atoms with Gasteiger partial charge in [-0.15, -0.1) is 0 Å². The van der Waals surface area contributed by atoms with Gasteiger partial charge in [-0.2, -0.15) is 4.39 Å². The summed E-state index contributed by atoms with van der Waals surface area (Å²) in [6.07, 6.45) is 0. The number of carbonyl (C=O) groups excluding carboxylic acids is 2. The third-order valence-corrected chi connectivity index (χ3v) is 3.27. The lowest BCUT2D eigenvalue weighted by Gasteiger charge is -2.31. The fraction of sp³-hybridized carbons (Fsp3) is 0.286. The summed E-state index contributed by atoms with van der Waals surface area (Å²) in [5.74, 6) is -2.74. The lowest BCUT2D eigenvalue weighted by molar-refractivity contribution is -0.387. The van der Waals surface area contributed by atoms with Crippen LogP contribution in [0.15, 0.2) is 29.5 Å². The molecule has 10 heteroatoms. The number of esters is 2. The molecule has 1 aliphatic rings. The summed E-state index contributed by atoms with van der Waals surface area (Å²) in [5.41, 5.74) is -0.911. The van der Waals surface area contributed by atoms with Gasteiger partial charge in [-0.25, -0.2) is 9.59 Å². The first kappa shape index (κ1) is 17.3. The Morgan fingerprint density at radius 3 is 2.50 bits per heavy atom. The number of methoxy groups -OCH3 is 2. The number of hydrogen-bond acceptors (Lipinski definition) is 8. The molecule has 0 bridgehead atoms. The summed E-state index contributed by atoms with van der Waals surface area (Å²) >= 11 is 0. The van der Waals surface area contributed by atoms with Crippen molar-refractivity contribution in [2.45, 2.75) is 0 Å². The molecule has 0 spiro atoms. The van der Waals surface area contributed by atoms with Gasteiger partial charge in [0.1, 0.15) is 12.4 Å². The van der Waals surface area contributed by atoms with Gasteiger partial charge in [-0.05, 0) is 6.07 Å². The first-order valence-electron chi connectivity index (χ1n) is 6.59. The van der Waals surface area contributed by atoms with Crippen LogP contribution in [-0.2, 0) is 23.8 Å². The van der Waals surface area contributed by atoms with Crippen LogP contribution < -0.4 is 4.90 Å². The topological polar surface area (TPSA) is 108 Å². The maximum Gasteiger partial charge on any atom is 0.355 e. The molecular weight excluding hydrogens is 327 g/mol. The standard InChI is InChI=1S/C14H13FN2O7/c1-22-13(18)9-6-24-7-16(12(9)14(19)23-2)8-3-4-11(17(20)21)10(15)5-8/h3-5H,6-7H2,1-2H3. The van der Waals surface area contributed by atoms with E-state index in [0.717, 1.165) is 26.4 Å². The minimum absolute atomic E-state index is 0.0830. The summed E-state index contributed by atoms with van der Waals surface area (Å²) < 4.78 is 28.3. The number of anilines is 1. The van der Waals surface area contributed by atoms with Gasteiger partial charge < -0.3 is 19.1 Å². The molecule has 0 N–H and O–H groups in total. The Bertz CT molecular complexity index is 732. The van der Waals surface area contributed by atoms with Gasteiger partial charge in [0.2, 0.25) is 5.82 Å². The van der Waals surface area contributed by atoms with Gasteiger partial charge >= 0.3 is 17.6 Å². The Labute approximate surface area is 135 Å². The molecular formula is C14H13FN2O7. The highest BCUT2D eigenvalue weighted by Crippen LogP contribution is 2.29. The second kappa shape index (κ2) is 7.04. The average molecular weight is 340 g/mol. The highest BCUT2D eigenvalue weighted by atomic mass is 19.1. The van der Waals surface area contributed by atoms with E-state index in [1.54, 1.807) is 0 Å². The van der Waals surface area contributed by atoms with E-state index in [2.05, 4.69) is 9.47 Å². The van der Waals surface area contributed by atoms with Crippen molar-refractivity contribution < 1.29 is 33.1 Å². The number of halogens is 1. The van der Waals surface area contributed by atoms with Gasteiger partial charge in [-0.1, -0.05) is 0 Å². The van der Waals surface area contributed by atoms with E-state index in [9.17, 15) is 24.1 Å². The predicted molar refractivity (Wildman–Crippen MR) is 77.4 cm³/mol. The SMILES string of the molecule is COC(=O)C1=C(C(=O)OC)N(c2ccc([N+](=O)[O-])c(F)c2)COC1. The maximum absolute atomic E-state index is 13.9. The fourth-order valence-corrected chi connectivity index (χ4v) is 2.16. The van der Waals surface area contributed by atoms with Crippen LogP contribution in [0.1, 0.15) is 0 Å². The number of nitro groups is 1. The fourth-order valence-electron chi connectivity index (χ4n) is 2.16. The molecule has 1 aliphatic heterocycles. The van der Waals surface area contributed by atoms with E-state index in [-0.39, 0.29) is 30.3 Å². The first-order valence-corrected chi connectivity index (χ1v) is 6.59. The van der Waals surface area contributed by atoms with Crippen LogP contribution in [0.5, 0.6) is 0 Å². The smallest absolute Gasteiger partial charge is 0.355 e. The van der Waals surface area contributed by atoms with Gasteiger partial charge in [0.25, 0.3) is 0 Å². The highest BCUT2D eigenvalue weighted by molar-refractivity contribution is 6.03. The molecule has 0 fully saturated rings. The summed E-state index contributed by atoms with van der Waals surface area (Å²) in [5, 5.41) is 10.7. The minimum Gasteiger partial charge on any atom is -0.466 e. The van der Waals surface area contributed by atoms with Crippen molar-refractivity contribution in [3.63, 3.8) is 0 Å².